The number of rotatable bonds is 44. The summed E-state index contributed by atoms with van der Waals surface area (Å²) in [5, 5.41) is 0. The second-order valence-corrected chi connectivity index (χ2v) is 16.4. The second-order valence-electron chi connectivity index (χ2n) is 16.4. The number of ether oxygens (including phenoxy) is 3. The van der Waals surface area contributed by atoms with Crippen molar-refractivity contribution >= 4 is 17.9 Å². The standard InChI is InChI=1S/C52H92O6/c1-4-7-10-13-16-19-21-23-25-27-28-30-33-36-39-42-45-51(54)57-48-49(47-56-50(53)44-41-38-35-32-18-15-12-9-6-3)58-52(55)46-43-40-37-34-31-29-26-24-22-20-17-14-11-8-5-2/h9,12,17-18,20,22,24,32,49H,4-8,10-11,13-16,19,21,23,25-31,33-48H2,1-3H3/b12-9-,20-17-,24-22-,32-18-. The number of hydrogen-bond donors (Lipinski definition) is 0. The van der Waals surface area contributed by atoms with Crippen LogP contribution in [0, 0.1) is 0 Å². The molecule has 0 aromatic rings. The third kappa shape index (κ3) is 44.5. The van der Waals surface area contributed by atoms with Crippen molar-refractivity contribution in [2.45, 2.75) is 252 Å². The van der Waals surface area contributed by atoms with E-state index < -0.39 is 6.10 Å². The lowest BCUT2D eigenvalue weighted by atomic mass is 10.0. The number of carbonyl (C=O) groups is 3. The molecule has 0 rings (SSSR count). The molecular weight excluding hydrogens is 721 g/mol. The summed E-state index contributed by atoms with van der Waals surface area (Å²) in [6.07, 6.45) is 55.3. The molecule has 0 amide bonds. The van der Waals surface area contributed by atoms with Gasteiger partial charge in [0.2, 0.25) is 0 Å². The fourth-order valence-corrected chi connectivity index (χ4v) is 6.88. The van der Waals surface area contributed by atoms with Crippen molar-refractivity contribution < 1.29 is 28.6 Å². The van der Waals surface area contributed by atoms with Gasteiger partial charge in [-0.2, -0.15) is 0 Å². The fraction of sp³-hybridized carbons (Fsp3) is 0.788. The van der Waals surface area contributed by atoms with Crippen LogP contribution in [0.4, 0.5) is 0 Å². The van der Waals surface area contributed by atoms with E-state index in [4.69, 9.17) is 14.2 Å². The van der Waals surface area contributed by atoms with E-state index >= 15 is 0 Å². The van der Waals surface area contributed by atoms with Gasteiger partial charge in [0.25, 0.3) is 0 Å². The van der Waals surface area contributed by atoms with Gasteiger partial charge >= 0.3 is 17.9 Å². The van der Waals surface area contributed by atoms with Crippen LogP contribution in [-0.2, 0) is 28.6 Å². The van der Waals surface area contributed by atoms with E-state index in [1.54, 1.807) is 0 Å². The molecular formula is C52H92O6. The second kappa shape index (κ2) is 47.1. The van der Waals surface area contributed by atoms with Crippen LogP contribution in [-0.4, -0.2) is 37.2 Å². The molecule has 6 heteroatoms. The summed E-state index contributed by atoms with van der Waals surface area (Å²) in [6.45, 7) is 6.45. The van der Waals surface area contributed by atoms with E-state index in [1.807, 2.05) is 0 Å². The van der Waals surface area contributed by atoms with Crippen LogP contribution in [0.3, 0.4) is 0 Å². The maximum absolute atomic E-state index is 12.7. The molecule has 336 valence electrons. The van der Waals surface area contributed by atoms with Crippen LogP contribution in [0.2, 0.25) is 0 Å². The number of allylic oxidation sites excluding steroid dienone is 8. The molecule has 0 spiro atoms. The first kappa shape index (κ1) is 55.4. The smallest absolute Gasteiger partial charge is 0.306 e. The molecule has 0 saturated carbocycles. The first-order valence-corrected chi connectivity index (χ1v) is 24.7. The zero-order chi connectivity index (χ0) is 42.3. The summed E-state index contributed by atoms with van der Waals surface area (Å²) in [5.74, 6) is -0.932. The predicted octanol–water partition coefficient (Wildman–Crippen LogP) is 15.9. The monoisotopic (exact) mass is 813 g/mol. The topological polar surface area (TPSA) is 78.9 Å². The molecule has 0 aliphatic heterocycles. The Hall–Kier alpha value is -2.63. The van der Waals surface area contributed by atoms with Gasteiger partial charge in [-0.1, -0.05) is 204 Å². The van der Waals surface area contributed by atoms with Gasteiger partial charge in [0.05, 0.1) is 0 Å². The maximum atomic E-state index is 12.7. The van der Waals surface area contributed by atoms with Gasteiger partial charge in [0.15, 0.2) is 6.10 Å². The zero-order valence-corrected chi connectivity index (χ0v) is 38.3. The Morgan fingerprint density at radius 2 is 0.724 bits per heavy atom. The van der Waals surface area contributed by atoms with Gasteiger partial charge in [0.1, 0.15) is 13.2 Å². The minimum atomic E-state index is -0.787. The van der Waals surface area contributed by atoms with Gasteiger partial charge in [-0.3, -0.25) is 14.4 Å². The van der Waals surface area contributed by atoms with Crippen molar-refractivity contribution in [3.8, 4) is 0 Å². The summed E-state index contributed by atoms with van der Waals surface area (Å²) < 4.78 is 16.7. The van der Waals surface area contributed by atoms with E-state index in [0.29, 0.717) is 19.3 Å². The lowest BCUT2D eigenvalue weighted by molar-refractivity contribution is -0.167. The Bertz CT molecular complexity index is 1030. The van der Waals surface area contributed by atoms with Gasteiger partial charge in [0, 0.05) is 19.3 Å². The van der Waals surface area contributed by atoms with Crippen LogP contribution >= 0.6 is 0 Å². The summed E-state index contributed by atoms with van der Waals surface area (Å²) in [6, 6.07) is 0. The minimum Gasteiger partial charge on any atom is -0.462 e. The van der Waals surface area contributed by atoms with Crippen LogP contribution in [0.1, 0.15) is 245 Å². The van der Waals surface area contributed by atoms with Crippen LogP contribution in [0.15, 0.2) is 48.6 Å². The van der Waals surface area contributed by atoms with Gasteiger partial charge in [-0.25, -0.2) is 0 Å². The maximum Gasteiger partial charge on any atom is 0.306 e. The first-order valence-electron chi connectivity index (χ1n) is 24.7. The molecule has 0 N–H and O–H groups in total. The molecule has 6 nitrogen and oxygen atoms in total. The summed E-state index contributed by atoms with van der Waals surface area (Å²) in [7, 11) is 0. The first-order chi connectivity index (χ1) is 28.5. The Morgan fingerprint density at radius 1 is 0.379 bits per heavy atom. The molecule has 0 radical (unpaired) electrons. The highest BCUT2D eigenvalue weighted by Crippen LogP contribution is 2.15. The number of carbonyl (C=O) groups excluding carboxylic acids is 3. The predicted molar refractivity (Wildman–Crippen MR) is 247 cm³/mol. The molecule has 1 unspecified atom stereocenters. The molecule has 0 aliphatic carbocycles. The molecule has 0 aliphatic rings. The molecule has 0 bridgehead atoms. The lowest BCUT2D eigenvalue weighted by Gasteiger charge is -2.18. The van der Waals surface area contributed by atoms with Crippen molar-refractivity contribution in [3.63, 3.8) is 0 Å². The number of esters is 3. The molecule has 0 saturated heterocycles. The summed E-state index contributed by atoms with van der Waals surface area (Å²) in [4.78, 5) is 37.8. The van der Waals surface area contributed by atoms with E-state index in [0.717, 1.165) is 83.5 Å². The van der Waals surface area contributed by atoms with E-state index in [1.165, 1.54) is 122 Å². The van der Waals surface area contributed by atoms with Crippen LogP contribution in [0.5, 0.6) is 0 Å². The third-order valence-electron chi connectivity index (χ3n) is 10.6. The Balaban J connectivity index is 4.35. The van der Waals surface area contributed by atoms with Gasteiger partial charge in [-0.05, 0) is 70.6 Å². The average molecular weight is 813 g/mol. The van der Waals surface area contributed by atoms with Gasteiger partial charge in [-0.15, -0.1) is 0 Å². The van der Waals surface area contributed by atoms with E-state index in [2.05, 4.69) is 69.4 Å². The number of hydrogen-bond acceptors (Lipinski definition) is 6. The third-order valence-corrected chi connectivity index (χ3v) is 10.6. The SMILES string of the molecule is CC/C=C\C/C=C\CCCCC(=O)OCC(COC(=O)CCCCCCCCCCCCCCCCCC)OC(=O)CCCCCCCC/C=C\C=C/CCCCC. The zero-order valence-electron chi connectivity index (χ0n) is 38.3. The fourth-order valence-electron chi connectivity index (χ4n) is 6.88. The van der Waals surface area contributed by atoms with Crippen LogP contribution < -0.4 is 0 Å². The number of unbranched alkanes of at least 4 members (excludes halogenated alkanes) is 26. The quantitative estimate of drug-likeness (QED) is 0.0200. The normalized spacial score (nSPS) is 12.4. The Morgan fingerprint density at radius 3 is 1.21 bits per heavy atom. The molecule has 0 fully saturated rings. The van der Waals surface area contributed by atoms with E-state index in [-0.39, 0.29) is 31.1 Å². The van der Waals surface area contributed by atoms with Crippen molar-refractivity contribution in [1.29, 1.82) is 0 Å². The van der Waals surface area contributed by atoms with Crippen LogP contribution in [0.25, 0.3) is 0 Å². The molecule has 0 heterocycles. The molecule has 0 aromatic carbocycles. The van der Waals surface area contributed by atoms with Crippen molar-refractivity contribution in [2.24, 2.45) is 0 Å². The van der Waals surface area contributed by atoms with Gasteiger partial charge < -0.3 is 14.2 Å². The Kier molecular flexibility index (Phi) is 44.9. The average Bonchev–Trinajstić information content (AvgIpc) is 3.22. The molecule has 0 aromatic heterocycles. The largest absolute Gasteiger partial charge is 0.462 e. The summed E-state index contributed by atoms with van der Waals surface area (Å²) in [5.41, 5.74) is 0. The molecule has 58 heavy (non-hydrogen) atoms. The molecule has 1 atom stereocenters. The highest BCUT2D eigenvalue weighted by atomic mass is 16.6. The van der Waals surface area contributed by atoms with Crippen molar-refractivity contribution in [1.82, 2.24) is 0 Å². The summed E-state index contributed by atoms with van der Waals surface area (Å²) >= 11 is 0. The van der Waals surface area contributed by atoms with Crippen molar-refractivity contribution in [3.05, 3.63) is 48.6 Å². The van der Waals surface area contributed by atoms with Crippen molar-refractivity contribution in [2.75, 3.05) is 13.2 Å². The Labute approximate surface area is 358 Å². The lowest BCUT2D eigenvalue weighted by Crippen LogP contribution is -2.30. The highest BCUT2D eigenvalue weighted by molar-refractivity contribution is 5.71. The van der Waals surface area contributed by atoms with E-state index in [9.17, 15) is 14.4 Å². The minimum absolute atomic E-state index is 0.0862. The highest BCUT2D eigenvalue weighted by Gasteiger charge is 2.19.